The summed E-state index contributed by atoms with van der Waals surface area (Å²) in [6, 6.07) is 8.86. The zero-order valence-corrected chi connectivity index (χ0v) is 9.78. The van der Waals surface area contributed by atoms with E-state index in [9.17, 15) is 4.79 Å². The number of ether oxygens (including phenoxy) is 1. The minimum absolute atomic E-state index is 0. The summed E-state index contributed by atoms with van der Waals surface area (Å²) in [5, 5.41) is 0. The fraction of sp³-hybridized carbons (Fsp3) is 0.364. The van der Waals surface area contributed by atoms with Gasteiger partial charge in [0.05, 0.1) is 0 Å². The Kier molecular flexibility index (Phi) is 7.54. The number of halogens is 1. The number of benzene rings is 1. The van der Waals surface area contributed by atoms with E-state index in [0.717, 1.165) is 5.56 Å². The summed E-state index contributed by atoms with van der Waals surface area (Å²) in [6.07, 6.45) is 0.452. The number of esters is 1. The highest BCUT2D eigenvalue weighted by molar-refractivity contribution is 5.85. The Morgan fingerprint density at radius 3 is 2.50 bits per heavy atom. The molecule has 0 radical (unpaired) electrons. The van der Waals surface area contributed by atoms with Crippen LogP contribution in [0.2, 0.25) is 0 Å². The maximum atomic E-state index is 11.3. The van der Waals surface area contributed by atoms with Crippen molar-refractivity contribution >= 4 is 18.4 Å². The number of carbonyl (C=O) groups is 1. The quantitative estimate of drug-likeness (QED) is 0.752. The third-order valence-corrected chi connectivity index (χ3v) is 2.00. The molecule has 0 bridgehead atoms. The van der Waals surface area contributed by atoms with Gasteiger partial charge in [0.1, 0.15) is 12.6 Å². The summed E-state index contributed by atoms with van der Waals surface area (Å²) in [7, 11) is 0. The van der Waals surface area contributed by atoms with Gasteiger partial charge in [0, 0.05) is 0 Å². The Bertz CT molecular complexity index is 306. The number of hydrogen-bond donors (Lipinski definition) is 2. The van der Waals surface area contributed by atoms with Crippen molar-refractivity contribution in [1.29, 1.82) is 0 Å². The van der Waals surface area contributed by atoms with Gasteiger partial charge in [0.15, 0.2) is 0 Å². The Morgan fingerprint density at radius 2 is 1.94 bits per heavy atom. The molecule has 0 heterocycles. The molecule has 90 valence electrons. The molecule has 0 saturated heterocycles. The lowest BCUT2D eigenvalue weighted by molar-refractivity contribution is -0.146. The number of hydrogen-bond acceptors (Lipinski definition) is 4. The van der Waals surface area contributed by atoms with Crippen molar-refractivity contribution in [1.82, 2.24) is 0 Å². The van der Waals surface area contributed by atoms with E-state index in [-0.39, 0.29) is 19.0 Å². The first-order valence-corrected chi connectivity index (χ1v) is 4.90. The molecule has 4 N–H and O–H groups in total. The molecule has 1 atom stereocenters. The van der Waals surface area contributed by atoms with Crippen molar-refractivity contribution in [2.75, 3.05) is 6.54 Å². The van der Waals surface area contributed by atoms with Gasteiger partial charge in [-0.3, -0.25) is 4.79 Å². The molecule has 1 rings (SSSR count). The van der Waals surface area contributed by atoms with Crippen LogP contribution in [0.4, 0.5) is 0 Å². The molecule has 0 saturated carbocycles. The van der Waals surface area contributed by atoms with Crippen LogP contribution >= 0.6 is 12.4 Å². The van der Waals surface area contributed by atoms with Gasteiger partial charge in [0.25, 0.3) is 0 Å². The topological polar surface area (TPSA) is 78.3 Å². The molecular formula is C11H17ClN2O2. The lowest BCUT2D eigenvalue weighted by Crippen LogP contribution is -2.34. The van der Waals surface area contributed by atoms with Crippen molar-refractivity contribution < 1.29 is 9.53 Å². The normalized spacial score (nSPS) is 11.4. The van der Waals surface area contributed by atoms with E-state index in [1.54, 1.807) is 0 Å². The van der Waals surface area contributed by atoms with Crippen LogP contribution < -0.4 is 11.5 Å². The highest BCUT2D eigenvalue weighted by atomic mass is 35.5. The molecule has 0 aromatic heterocycles. The van der Waals surface area contributed by atoms with Crippen LogP contribution in [0.25, 0.3) is 0 Å². The highest BCUT2D eigenvalue weighted by Gasteiger charge is 2.13. The second kappa shape index (κ2) is 8.10. The molecule has 1 aromatic carbocycles. The van der Waals surface area contributed by atoms with Crippen molar-refractivity contribution in [3.8, 4) is 0 Å². The predicted molar refractivity (Wildman–Crippen MR) is 65.1 cm³/mol. The van der Waals surface area contributed by atoms with Gasteiger partial charge in [-0.2, -0.15) is 0 Å². The third-order valence-electron chi connectivity index (χ3n) is 2.00. The van der Waals surface area contributed by atoms with E-state index < -0.39 is 12.0 Å². The minimum atomic E-state index is -0.612. The van der Waals surface area contributed by atoms with Gasteiger partial charge >= 0.3 is 5.97 Å². The zero-order valence-electron chi connectivity index (χ0n) is 8.96. The summed E-state index contributed by atoms with van der Waals surface area (Å²) < 4.78 is 5.02. The van der Waals surface area contributed by atoms with Crippen molar-refractivity contribution in [2.24, 2.45) is 11.5 Å². The number of carbonyl (C=O) groups excluding carboxylic acids is 1. The second-order valence-electron chi connectivity index (χ2n) is 3.28. The van der Waals surface area contributed by atoms with E-state index in [2.05, 4.69) is 0 Å². The fourth-order valence-corrected chi connectivity index (χ4v) is 1.13. The molecule has 0 spiro atoms. The molecule has 0 fully saturated rings. The zero-order chi connectivity index (χ0) is 11.1. The SMILES string of the molecule is Cl.NCCC(N)C(=O)OCc1ccccc1. The first kappa shape index (κ1) is 14.9. The lowest BCUT2D eigenvalue weighted by atomic mass is 10.2. The van der Waals surface area contributed by atoms with Crippen molar-refractivity contribution in [2.45, 2.75) is 19.1 Å². The average Bonchev–Trinajstić information content (AvgIpc) is 2.27. The van der Waals surface area contributed by atoms with E-state index in [1.165, 1.54) is 0 Å². The maximum absolute atomic E-state index is 11.3. The van der Waals surface area contributed by atoms with E-state index in [1.807, 2.05) is 30.3 Å². The van der Waals surface area contributed by atoms with Gasteiger partial charge in [0.2, 0.25) is 0 Å². The Balaban J connectivity index is 0.00000225. The Morgan fingerprint density at radius 1 is 1.31 bits per heavy atom. The summed E-state index contributed by atoms with van der Waals surface area (Å²) in [4.78, 5) is 11.3. The van der Waals surface area contributed by atoms with Gasteiger partial charge in [-0.25, -0.2) is 0 Å². The molecule has 4 nitrogen and oxygen atoms in total. The predicted octanol–water partition coefficient (Wildman–Crippen LogP) is 0.828. The number of rotatable bonds is 5. The number of nitrogens with two attached hydrogens (primary N) is 2. The van der Waals surface area contributed by atoms with Crippen LogP contribution in [0, 0.1) is 0 Å². The molecule has 0 aliphatic carbocycles. The smallest absolute Gasteiger partial charge is 0.323 e. The molecule has 1 unspecified atom stereocenters. The molecule has 0 aliphatic rings. The Labute approximate surface area is 101 Å². The minimum Gasteiger partial charge on any atom is -0.460 e. The first-order valence-electron chi connectivity index (χ1n) is 4.90. The first-order chi connectivity index (χ1) is 7.24. The van der Waals surface area contributed by atoms with E-state index >= 15 is 0 Å². The van der Waals surface area contributed by atoms with Crippen LogP contribution in [0.3, 0.4) is 0 Å². The molecule has 5 heteroatoms. The van der Waals surface area contributed by atoms with E-state index in [4.69, 9.17) is 16.2 Å². The van der Waals surface area contributed by atoms with Crippen LogP contribution in [-0.2, 0) is 16.1 Å². The van der Waals surface area contributed by atoms with Crippen LogP contribution in [0.5, 0.6) is 0 Å². The highest BCUT2D eigenvalue weighted by Crippen LogP contribution is 2.01. The molecule has 1 aromatic rings. The lowest BCUT2D eigenvalue weighted by Gasteiger charge is -2.10. The Hall–Kier alpha value is -1.10. The summed E-state index contributed by atoms with van der Waals surface area (Å²) >= 11 is 0. The third kappa shape index (κ3) is 5.11. The molecular weight excluding hydrogens is 228 g/mol. The molecule has 16 heavy (non-hydrogen) atoms. The largest absolute Gasteiger partial charge is 0.460 e. The monoisotopic (exact) mass is 244 g/mol. The summed E-state index contributed by atoms with van der Waals surface area (Å²) in [6.45, 7) is 0.652. The average molecular weight is 245 g/mol. The molecule has 0 aliphatic heterocycles. The fourth-order valence-electron chi connectivity index (χ4n) is 1.13. The molecule has 0 amide bonds. The second-order valence-corrected chi connectivity index (χ2v) is 3.28. The van der Waals surface area contributed by atoms with Gasteiger partial charge in [-0.05, 0) is 18.5 Å². The van der Waals surface area contributed by atoms with E-state index in [0.29, 0.717) is 13.0 Å². The van der Waals surface area contributed by atoms with Crippen molar-refractivity contribution in [3.63, 3.8) is 0 Å². The van der Waals surface area contributed by atoms with Gasteiger partial charge in [-0.15, -0.1) is 12.4 Å². The van der Waals surface area contributed by atoms with Gasteiger partial charge < -0.3 is 16.2 Å². The summed E-state index contributed by atoms with van der Waals surface area (Å²) in [5.41, 5.74) is 11.8. The van der Waals surface area contributed by atoms with Crippen molar-refractivity contribution in [3.05, 3.63) is 35.9 Å². The van der Waals surface area contributed by atoms with Gasteiger partial charge in [-0.1, -0.05) is 30.3 Å². The standard InChI is InChI=1S/C11H16N2O2.ClH/c12-7-6-10(13)11(14)15-8-9-4-2-1-3-5-9;/h1-5,10H,6-8,12-13H2;1H. The maximum Gasteiger partial charge on any atom is 0.323 e. The van der Waals surface area contributed by atoms with Crippen LogP contribution in [-0.4, -0.2) is 18.6 Å². The van der Waals surface area contributed by atoms with Crippen LogP contribution in [0.15, 0.2) is 30.3 Å². The summed E-state index contributed by atoms with van der Waals surface area (Å²) in [5.74, 6) is -0.399. The van der Waals surface area contributed by atoms with Crippen LogP contribution in [0.1, 0.15) is 12.0 Å².